The molecule has 0 aromatic carbocycles. The Kier molecular flexibility index (Phi) is 4.82. The highest BCUT2D eigenvalue weighted by Crippen LogP contribution is 2.13. The van der Waals surface area contributed by atoms with Gasteiger partial charge in [-0.1, -0.05) is 23.7 Å². The molecular formula is C11H12N2S. The minimum absolute atomic E-state index is 0.395. The largest absolute Gasteiger partial charge is 0.330 e. The summed E-state index contributed by atoms with van der Waals surface area (Å²) in [5.41, 5.74) is 10.6. The number of hydrogen-bond acceptors (Lipinski definition) is 3. The molecule has 4 N–H and O–H groups in total. The lowest BCUT2D eigenvalue weighted by molar-refractivity contribution is 1.03. The summed E-state index contributed by atoms with van der Waals surface area (Å²) in [7, 11) is 0. The summed E-state index contributed by atoms with van der Waals surface area (Å²) in [6.45, 7) is 1.00. The highest BCUT2D eigenvalue weighted by molar-refractivity contribution is 7.13. The first-order valence-electron chi connectivity index (χ1n) is 4.34. The molecule has 0 fully saturated rings. The van der Waals surface area contributed by atoms with Gasteiger partial charge in [0.25, 0.3) is 0 Å². The summed E-state index contributed by atoms with van der Waals surface area (Å²) < 4.78 is 0. The lowest BCUT2D eigenvalue weighted by Crippen LogP contribution is -1.95. The van der Waals surface area contributed by atoms with Gasteiger partial charge in [0.1, 0.15) is 0 Å². The second kappa shape index (κ2) is 6.23. The van der Waals surface area contributed by atoms with Gasteiger partial charge in [0.15, 0.2) is 0 Å². The molecule has 0 amide bonds. The quantitative estimate of drug-likeness (QED) is 0.664. The average Bonchev–Trinajstić information content (AvgIpc) is 2.63. The first-order valence-corrected chi connectivity index (χ1v) is 5.16. The fourth-order valence-electron chi connectivity index (χ4n) is 0.832. The van der Waals surface area contributed by atoms with Gasteiger partial charge in [0.05, 0.1) is 16.3 Å². The van der Waals surface area contributed by atoms with Crippen LogP contribution in [0.2, 0.25) is 0 Å². The molecule has 0 spiro atoms. The smallest absolute Gasteiger partial charge is 0.0782 e. The summed E-state index contributed by atoms with van der Waals surface area (Å²) in [5.74, 6) is 11.8. The molecule has 1 rings (SSSR count). The molecule has 0 atom stereocenters. The third-order valence-corrected chi connectivity index (χ3v) is 2.32. The van der Waals surface area contributed by atoms with Crippen molar-refractivity contribution in [1.29, 1.82) is 0 Å². The van der Waals surface area contributed by atoms with E-state index in [0.29, 0.717) is 13.1 Å². The minimum Gasteiger partial charge on any atom is -0.330 e. The molecule has 14 heavy (non-hydrogen) atoms. The normalized spacial score (nSPS) is 8.43. The molecule has 3 heteroatoms. The Bertz CT molecular complexity index is 398. The highest BCUT2D eigenvalue weighted by Gasteiger charge is 1.92. The zero-order valence-corrected chi connectivity index (χ0v) is 8.66. The van der Waals surface area contributed by atoms with Crippen molar-refractivity contribution in [2.75, 3.05) is 13.1 Å². The molecule has 0 saturated heterocycles. The van der Waals surface area contributed by atoms with Gasteiger partial charge in [-0.25, -0.2) is 0 Å². The standard InChI is InChI=1S/C11H12N2S/c12-8-2-1-4-10-6-7-11(14-10)5-3-9-13/h6-7H,2,8-9,12-13H2. The zero-order chi connectivity index (χ0) is 10.2. The van der Waals surface area contributed by atoms with Crippen molar-refractivity contribution in [2.45, 2.75) is 6.42 Å². The van der Waals surface area contributed by atoms with Crippen LogP contribution in [0.25, 0.3) is 0 Å². The Morgan fingerprint density at radius 3 is 2.29 bits per heavy atom. The molecule has 1 heterocycles. The minimum atomic E-state index is 0.395. The lowest BCUT2D eigenvalue weighted by Gasteiger charge is -1.79. The molecule has 0 radical (unpaired) electrons. The maximum atomic E-state index is 5.33. The number of nitrogens with two attached hydrogens (primary N) is 2. The van der Waals surface area contributed by atoms with E-state index < -0.39 is 0 Å². The first-order chi connectivity index (χ1) is 6.86. The van der Waals surface area contributed by atoms with Crippen molar-refractivity contribution < 1.29 is 0 Å². The summed E-state index contributed by atoms with van der Waals surface area (Å²) in [6.07, 6.45) is 0.738. The van der Waals surface area contributed by atoms with E-state index in [-0.39, 0.29) is 0 Å². The predicted molar refractivity (Wildman–Crippen MR) is 60.8 cm³/mol. The van der Waals surface area contributed by atoms with Crippen LogP contribution in [-0.2, 0) is 0 Å². The van der Waals surface area contributed by atoms with Crippen LogP contribution in [0.3, 0.4) is 0 Å². The highest BCUT2D eigenvalue weighted by atomic mass is 32.1. The van der Waals surface area contributed by atoms with E-state index >= 15 is 0 Å². The summed E-state index contributed by atoms with van der Waals surface area (Å²) in [5, 5.41) is 0. The van der Waals surface area contributed by atoms with Gasteiger partial charge in [-0.05, 0) is 12.1 Å². The Balaban J connectivity index is 2.65. The van der Waals surface area contributed by atoms with Crippen LogP contribution in [0.1, 0.15) is 16.2 Å². The molecule has 0 bridgehead atoms. The molecule has 0 unspecified atom stereocenters. The molecule has 0 aliphatic heterocycles. The van der Waals surface area contributed by atoms with E-state index in [2.05, 4.69) is 23.7 Å². The Morgan fingerprint density at radius 2 is 1.71 bits per heavy atom. The summed E-state index contributed by atoms with van der Waals surface area (Å²) in [6, 6.07) is 3.93. The van der Waals surface area contributed by atoms with E-state index in [1.54, 1.807) is 11.3 Å². The van der Waals surface area contributed by atoms with Crippen molar-refractivity contribution in [3.63, 3.8) is 0 Å². The van der Waals surface area contributed by atoms with Crippen molar-refractivity contribution >= 4 is 11.3 Å². The van der Waals surface area contributed by atoms with E-state index in [0.717, 1.165) is 16.2 Å². The van der Waals surface area contributed by atoms with E-state index in [9.17, 15) is 0 Å². The van der Waals surface area contributed by atoms with Crippen LogP contribution in [0, 0.1) is 23.7 Å². The van der Waals surface area contributed by atoms with Crippen LogP contribution >= 0.6 is 11.3 Å². The average molecular weight is 204 g/mol. The fraction of sp³-hybridized carbons (Fsp3) is 0.273. The van der Waals surface area contributed by atoms with Crippen LogP contribution in [-0.4, -0.2) is 13.1 Å². The maximum Gasteiger partial charge on any atom is 0.0782 e. The first kappa shape index (κ1) is 10.8. The van der Waals surface area contributed by atoms with Gasteiger partial charge >= 0.3 is 0 Å². The summed E-state index contributed by atoms with van der Waals surface area (Å²) >= 11 is 1.58. The topological polar surface area (TPSA) is 52.0 Å². The van der Waals surface area contributed by atoms with Gasteiger partial charge < -0.3 is 11.5 Å². The third-order valence-electron chi connectivity index (χ3n) is 1.40. The molecule has 1 aromatic rings. The van der Waals surface area contributed by atoms with Gasteiger partial charge in [-0.3, -0.25) is 0 Å². The SMILES string of the molecule is NCC#Cc1ccc(C#CCCN)s1. The van der Waals surface area contributed by atoms with E-state index in [1.165, 1.54) is 0 Å². The Hall–Kier alpha value is -1.26. The van der Waals surface area contributed by atoms with Crippen LogP contribution in [0.4, 0.5) is 0 Å². The predicted octanol–water partition coefficient (Wildman–Crippen LogP) is 0.759. The Morgan fingerprint density at radius 1 is 1.07 bits per heavy atom. The van der Waals surface area contributed by atoms with Gasteiger partial charge in [-0.15, -0.1) is 11.3 Å². The number of hydrogen-bond donors (Lipinski definition) is 2. The monoisotopic (exact) mass is 204 g/mol. The van der Waals surface area contributed by atoms with E-state index in [4.69, 9.17) is 11.5 Å². The van der Waals surface area contributed by atoms with Gasteiger partial charge in [0, 0.05) is 13.0 Å². The van der Waals surface area contributed by atoms with Crippen molar-refractivity contribution in [3.05, 3.63) is 21.9 Å². The zero-order valence-electron chi connectivity index (χ0n) is 7.84. The second-order valence-corrected chi connectivity index (χ2v) is 3.59. The number of rotatable bonds is 1. The Labute approximate surface area is 88.3 Å². The van der Waals surface area contributed by atoms with Crippen LogP contribution in [0.15, 0.2) is 12.1 Å². The maximum absolute atomic E-state index is 5.33. The van der Waals surface area contributed by atoms with Crippen LogP contribution < -0.4 is 11.5 Å². The number of thiophene rings is 1. The lowest BCUT2D eigenvalue weighted by atomic mass is 10.4. The molecule has 1 aromatic heterocycles. The fourth-order valence-corrected chi connectivity index (χ4v) is 1.59. The molecule has 0 saturated carbocycles. The van der Waals surface area contributed by atoms with E-state index in [1.807, 2.05) is 12.1 Å². The van der Waals surface area contributed by atoms with Crippen molar-refractivity contribution in [1.82, 2.24) is 0 Å². The molecule has 72 valence electrons. The molecule has 0 aliphatic rings. The van der Waals surface area contributed by atoms with Gasteiger partial charge in [0.2, 0.25) is 0 Å². The third kappa shape index (κ3) is 3.64. The molecule has 0 aliphatic carbocycles. The van der Waals surface area contributed by atoms with Crippen molar-refractivity contribution in [3.8, 4) is 23.7 Å². The molecule has 2 nitrogen and oxygen atoms in total. The second-order valence-electron chi connectivity index (χ2n) is 2.51. The summed E-state index contributed by atoms with van der Waals surface area (Å²) in [4.78, 5) is 2.03. The molecular weight excluding hydrogens is 192 g/mol. The van der Waals surface area contributed by atoms with Gasteiger partial charge in [-0.2, -0.15) is 0 Å². The van der Waals surface area contributed by atoms with Crippen molar-refractivity contribution in [2.24, 2.45) is 11.5 Å². The van der Waals surface area contributed by atoms with Crippen LogP contribution in [0.5, 0.6) is 0 Å².